The summed E-state index contributed by atoms with van der Waals surface area (Å²) in [6.45, 7) is 0. The van der Waals surface area contributed by atoms with Crippen molar-refractivity contribution in [3.05, 3.63) is 170 Å². The molecule has 0 unspecified atom stereocenters. The number of pyridine rings is 1. The Morgan fingerprint density at radius 2 is 1.04 bits per heavy atom. The lowest BCUT2D eigenvalue weighted by Gasteiger charge is -2.26. The SMILES string of the molecule is c1ccc(-c2ccc(N(c3ccc(-c4cc5ccccc5c5ccccc45)cc3)c3ccc4sc5cnccc5c4c3)cc2)cc1. The summed E-state index contributed by atoms with van der Waals surface area (Å²) in [5.74, 6) is 0. The molecule has 0 radical (unpaired) electrons. The predicted molar refractivity (Wildman–Crippen MR) is 198 cm³/mol. The minimum Gasteiger partial charge on any atom is -0.310 e. The first-order valence-electron chi connectivity index (χ1n) is 15.5. The van der Waals surface area contributed by atoms with E-state index in [0.29, 0.717) is 0 Å². The van der Waals surface area contributed by atoms with E-state index in [1.54, 1.807) is 11.3 Å². The van der Waals surface area contributed by atoms with Crippen LogP contribution in [0.4, 0.5) is 17.1 Å². The average Bonchev–Trinajstić information content (AvgIpc) is 3.51. The van der Waals surface area contributed by atoms with E-state index >= 15 is 0 Å². The average molecular weight is 605 g/mol. The molecule has 9 aromatic rings. The van der Waals surface area contributed by atoms with Crippen molar-refractivity contribution < 1.29 is 0 Å². The van der Waals surface area contributed by atoms with Gasteiger partial charge in [0, 0.05) is 44.9 Å². The van der Waals surface area contributed by atoms with Gasteiger partial charge >= 0.3 is 0 Å². The van der Waals surface area contributed by atoms with Crippen LogP contribution in [0.5, 0.6) is 0 Å². The maximum absolute atomic E-state index is 4.36. The molecule has 9 rings (SSSR count). The van der Waals surface area contributed by atoms with Crippen molar-refractivity contribution in [3.8, 4) is 22.3 Å². The number of hydrogen-bond acceptors (Lipinski definition) is 3. The fourth-order valence-corrected chi connectivity index (χ4v) is 7.78. The van der Waals surface area contributed by atoms with Crippen LogP contribution in [0, 0.1) is 0 Å². The number of nitrogens with zero attached hydrogens (tertiary/aromatic N) is 2. The van der Waals surface area contributed by atoms with Crippen LogP contribution in [0.25, 0.3) is 64.0 Å². The number of rotatable bonds is 5. The van der Waals surface area contributed by atoms with Gasteiger partial charge in [0.1, 0.15) is 0 Å². The predicted octanol–water partition coefficient (Wildman–Crippen LogP) is 12.6. The van der Waals surface area contributed by atoms with Crippen molar-refractivity contribution in [2.45, 2.75) is 0 Å². The van der Waals surface area contributed by atoms with Crippen molar-refractivity contribution in [1.29, 1.82) is 0 Å². The zero-order valence-corrected chi connectivity index (χ0v) is 25.8. The molecule has 7 aromatic carbocycles. The van der Waals surface area contributed by atoms with Crippen LogP contribution in [0.1, 0.15) is 0 Å². The van der Waals surface area contributed by atoms with Gasteiger partial charge in [0.25, 0.3) is 0 Å². The summed E-state index contributed by atoms with van der Waals surface area (Å²) in [5.41, 5.74) is 8.23. The smallest absolute Gasteiger partial charge is 0.0538 e. The minimum absolute atomic E-state index is 1.11. The van der Waals surface area contributed by atoms with E-state index in [4.69, 9.17) is 0 Å². The number of thiophene rings is 1. The van der Waals surface area contributed by atoms with Crippen LogP contribution < -0.4 is 4.90 Å². The van der Waals surface area contributed by atoms with Crippen LogP contribution in [-0.2, 0) is 0 Å². The molecule has 0 atom stereocenters. The molecule has 0 fully saturated rings. The molecule has 0 bridgehead atoms. The molecule has 3 heteroatoms. The fraction of sp³-hybridized carbons (Fsp3) is 0. The standard InChI is InChI=1S/C43H28N2S/c1-2-8-29(9-3-1)30-14-18-33(19-15-30)45(35-22-23-42-41(27-35)39-24-25-44-28-43(39)46-42)34-20-16-31(17-21-34)40-26-32-10-4-5-11-36(32)37-12-6-7-13-38(37)40/h1-28H. The minimum atomic E-state index is 1.11. The topological polar surface area (TPSA) is 16.1 Å². The monoisotopic (exact) mass is 604 g/mol. The van der Waals surface area contributed by atoms with Crippen molar-refractivity contribution in [2.24, 2.45) is 0 Å². The Morgan fingerprint density at radius 1 is 0.413 bits per heavy atom. The quantitative estimate of drug-likeness (QED) is 0.182. The molecule has 2 nitrogen and oxygen atoms in total. The molecule has 46 heavy (non-hydrogen) atoms. The van der Waals surface area contributed by atoms with Crippen LogP contribution >= 0.6 is 11.3 Å². The molecule has 0 N–H and O–H groups in total. The molecule has 0 spiro atoms. The number of fused-ring (bicyclic) bond motifs is 6. The second kappa shape index (κ2) is 11.0. The van der Waals surface area contributed by atoms with E-state index in [0.717, 1.165) is 17.1 Å². The van der Waals surface area contributed by atoms with Crippen LogP contribution in [-0.4, -0.2) is 4.98 Å². The van der Waals surface area contributed by atoms with Gasteiger partial charge < -0.3 is 4.90 Å². The van der Waals surface area contributed by atoms with Crippen molar-refractivity contribution >= 4 is 70.1 Å². The summed E-state index contributed by atoms with van der Waals surface area (Å²) in [6.07, 6.45) is 3.85. The maximum atomic E-state index is 4.36. The molecule has 0 aliphatic rings. The summed E-state index contributed by atoms with van der Waals surface area (Å²) in [6, 6.07) is 57.2. The van der Waals surface area contributed by atoms with Crippen molar-refractivity contribution in [3.63, 3.8) is 0 Å². The first kappa shape index (κ1) is 26.6. The molecule has 0 aliphatic heterocycles. The normalized spacial score (nSPS) is 11.5. The molecule has 0 aliphatic carbocycles. The van der Waals surface area contributed by atoms with E-state index < -0.39 is 0 Å². The molecule has 2 aromatic heterocycles. The lowest BCUT2D eigenvalue weighted by atomic mass is 9.93. The Balaban J connectivity index is 1.18. The van der Waals surface area contributed by atoms with Gasteiger partial charge in [-0.1, -0.05) is 103 Å². The second-order valence-corrected chi connectivity index (χ2v) is 12.7. The molecular weight excluding hydrogens is 577 g/mol. The summed E-state index contributed by atoms with van der Waals surface area (Å²) in [5, 5.41) is 7.60. The zero-order valence-electron chi connectivity index (χ0n) is 25.0. The zero-order chi connectivity index (χ0) is 30.5. The van der Waals surface area contributed by atoms with Gasteiger partial charge in [-0.05, 0) is 98.4 Å². The summed E-state index contributed by atoms with van der Waals surface area (Å²) in [4.78, 5) is 6.73. The van der Waals surface area contributed by atoms with Crippen molar-refractivity contribution in [2.75, 3.05) is 4.90 Å². The van der Waals surface area contributed by atoms with Crippen molar-refractivity contribution in [1.82, 2.24) is 4.98 Å². The van der Waals surface area contributed by atoms with Crippen LogP contribution in [0.3, 0.4) is 0 Å². The second-order valence-electron chi connectivity index (χ2n) is 11.6. The molecule has 0 saturated carbocycles. The molecular formula is C43H28N2S. The number of benzene rings is 7. The highest BCUT2D eigenvalue weighted by molar-refractivity contribution is 7.25. The van der Waals surface area contributed by atoms with Gasteiger partial charge in [-0.3, -0.25) is 4.98 Å². The van der Waals surface area contributed by atoms with E-state index in [1.807, 2.05) is 12.4 Å². The van der Waals surface area contributed by atoms with Gasteiger partial charge in [0.15, 0.2) is 0 Å². The molecule has 0 saturated heterocycles. The first-order chi connectivity index (χ1) is 22.8. The van der Waals surface area contributed by atoms with Gasteiger partial charge in [0.05, 0.1) is 4.70 Å². The Kier molecular flexibility index (Phi) is 6.36. The third kappa shape index (κ3) is 4.52. The van der Waals surface area contributed by atoms with E-state index in [2.05, 4.69) is 168 Å². The number of aromatic nitrogens is 1. The maximum Gasteiger partial charge on any atom is 0.0538 e. The number of anilines is 3. The van der Waals surface area contributed by atoms with Crippen LogP contribution in [0.15, 0.2) is 170 Å². The summed E-state index contributed by atoms with van der Waals surface area (Å²) in [7, 11) is 0. The Labute approximate surface area is 271 Å². The highest BCUT2D eigenvalue weighted by Gasteiger charge is 2.16. The van der Waals surface area contributed by atoms with Gasteiger partial charge in [-0.2, -0.15) is 0 Å². The first-order valence-corrected chi connectivity index (χ1v) is 16.3. The Bertz CT molecular complexity index is 2510. The highest BCUT2D eigenvalue weighted by Crippen LogP contribution is 2.42. The van der Waals surface area contributed by atoms with Crippen LogP contribution in [0.2, 0.25) is 0 Å². The lowest BCUT2D eigenvalue weighted by Crippen LogP contribution is -2.09. The summed E-state index contributed by atoms with van der Waals surface area (Å²) >= 11 is 1.79. The Morgan fingerprint density at radius 3 is 1.83 bits per heavy atom. The van der Waals surface area contributed by atoms with Gasteiger partial charge in [-0.15, -0.1) is 11.3 Å². The molecule has 0 amide bonds. The third-order valence-electron chi connectivity index (χ3n) is 8.95. The van der Waals surface area contributed by atoms with Gasteiger partial charge in [0.2, 0.25) is 0 Å². The number of hydrogen-bond donors (Lipinski definition) is 0. The summed E-state index contributed by atoms with van der Waals surface area (Å²) < 4.78 is 2.48. The molecule has 216 valence electrons. The largest absolute Gasteiger partial charge is 0.310 e. The van der Waals surface area contributed by atoms with E-state index in [1.165, 1.54) is 64.0 Å². The lowest BCUT2D eigenvalue weighted by molar-refractivity contribution is 1.29. The third-order valence-corrected chi connectivity index (χ3v) is 10.1. The van der Waals surface area contributed by atoms with Gasteiger partial charge in [-0.25, -0.2) is 0 Å². The molecule has 2 heterocycles. The van der Waals surface area contributed by atoms with E-state index in [-0.39, 0.29) is 0 Å². The Hall–Kier alpha value is -5.77. The fourth-order valence-electron chi connectivity index (χ4n) is 6.72. The van der Waals surface area contributed by atoms with E-state index in [9.17, 15) is 0 Å². The highest BCUT2D eigenvalue weighted by atomic mass is 32.1.